The zero-order valence-electron chi connectivity index (χ0n) is 15.3. The molecule has 0 aliphatic rings. The van der Waals surface area contributed by atoms with E-state index in [4.69, 9.17) is 0 Å². The molecule has 0 aliphatic carbocycles. The molecule has 0 bridgehead atoms. The first kappa shape index (κ1) is 20.5. The lowest BCUT2D eigenvalue weighted by atomic mass is 10.1. The number of sulfonamides is 1. The summed E-state index contributed by atoms with van der Waals surface area (Å²) in [6.07, 6.45) is 0. The van der Waals surface area contributed by atoms with Crippen molar-refractivity contribution in [1.82, 2.24) is 4.31 Å². The Labute approximate surface area is 158 Å². The maximum absolute atomic E-state index is 12.5. The van der Waals surface area contributed by atoms with Crippen molar-refractivity contribution in [3.8, 4) is 0 Å². The average molecular weight is 391 g/mol. The molecule has 0 aliphatic heterocycles. The van der Waals surface area contributed by atoms with Crippen molar-refractivity contribution < 1.29 is 18.1 Å². The van der Waals surface area contributed by atoms with Crippen LogP contribution in [0.15, 0.2) is 47.4 Å². The summed E-state index contributed by atoms with van der Waals surface area (Å²) < 4.78 is 26.3. The molecule has 0 saturated heterocycles. The maximum atomic E-state index is 12.5. The number of carbonyl (C=O) groups is 1. The molecular weight excluding hydrogens is 370 g/mol. The highest BCUT2D eigenvalue weighted by Gasteiger charge is 2.21. The van der Waals surface area contributed by atoms with Crippen molar-refractivity contribution in [2.24, 2.45) is 0 Å². The van der Waals surface area contributed by atoms with Crippen LogP contribution >= 0.6 is 0 Å². The third kappa shape index (κ3) is 4.50. The monoisotopic (exact) mass is 391 g/mol. The minimum Gasteiger partial charge on any atom is -0.322 e. The summed E-state index contributed by atoms with van der Waals surface area (Å²) in [7, 11) is -3.56. The first-order valence-corrected chi connectivity index (χ1v) is 9.81. The highest BCUT2D eigenvalue weighted by molar-refractivity contribution is 7.89. The van der Waals surface area contributed by atoms with E-state index in [9.17, 15) is 23.3 Å². The Morgan fingerprint density at radius 2 is 1.70 bits per heavy atom. The Morgan fingerprint density at radius 1 is 1.11 bits per heavy atom. The summed E-state index contributed by atoms with van der Waals surface area (Å²) in [5, 5.41) is 13.5. The van der Waals surface area contributed by atoms with Gasteiger partial charge in [-0.05, 0) is 43.3 Å². The van der Waals surface area contributed by atoms with Crippen LogP contribution in [0.2, 0.25) is 0 Å². The SMILES string of the molecule is CCN(CC)S(=O)(=O)c1ccc(NC(=O)c2ccc([N+](=O)[O-])c(C)c2)cc1. The van der Waals surface area contributed by atoms with Crippen LogP contribution in [0.4, 0.5) is 11.4 Å². The molecule has 2 rings (SSSR count). The molecule has 0 saturated carbocycles. The second kappa shape index (κ2) is 8.28. The van der Waals surface area contributed by atoms with E-state index in [1.54, 1.807) is 20.8 Å². The fraction of sp³-hybridized carbons (Fsp3) is 0.278. The summed E-state index contributed by atoms with van der Waals surface area (Å²) in [6, 6.07) is 9.98. The number of anilines is 1. The quantitative estimate of drug-likeness (QED) is 0.576. The van der Waals surface area contributed by atoms with Gasteiger partial charge in [0.15, 0.2) is 0 Å². The molecule has 0 unspecified atom stereocenters. The smallest absolute Gasteiger partial charge is 0.272 e. The summed E-state index contributed by atoms with van der Waals surface area (Å²) in [5.74, 6) is -0.438. The first-order valence-electron chi connectivity index (χ1n) is 8.37. The van der Waals surface area contributed by atoms with E-state index in [0.717, 1.165) is 0 Å². The van der Waals surface area contributed by atoms with E-state index < -0.39 is 20.9 Å². The number of rotatable bonds is 7. The molecule has 0 radical (unpaired) electrons. The topological polar surface area (TPSA) is 110 Å². The minimum absolute atomic E-state index is 0.0579. The molecule has 0 aromatic heterocycles. The Hall–Kier alpha value is -2.78. The summed E-state index contributed by atoms with van der Waals surface area (Å²) in [6.45, 7) is 5.83. The molecule has 1 N–H and O–H groups in total. The van der Waals surface area contributed by atoms with Gasteiger partial charge in [-0.25, -0.2) is 8.42 Å². The van der Waals surface area contributed by atoms with Crippen molar-refractivity contribution >= 4 is 27.3 Å². The Morgan fingerprint density at radius 3 is 2.19 bits per heavy atom. The molecule has 0 heterocycles. The van der Waals surface area contributed by atoms with Crippen molar-refractivity contribution in [1.29, 1.82) is 0 Å². The largest absolute Gasteiger partial charge is 0.322 e. The maximum Gasteiger partial charge on any atom is 0.272 e. The molecule has 2 aromatic rings. The van der Waals surface area contributed by atoms with Gasteiger partial charge in [0.25, 0.3) is 11.6 Å². The van der Waals surface area contributed by atoms with Crippen LogP contribution in [0.5, 0.6) is 0 Å². The number of nitrogens with one attached hydrogen (secondary N) is 1. The third-order valence-corrected chi connectivity index (χ3v) is 6.18. The molecule has 0 fully saturated rings. The highest BCUT2D eigenvalue weighted by atomic mass is 32.2. The standard InChI is InChI=1S/C18H21N3O5S/c1-4-20(5-2)27(25,26)16-9-7-15(8-10-16)19-18(22)14-6-11-17(21(23)24)13(3)12-14/h6-12H,4-5H2,1-3H3,(H,19,22). The van der Waals surface area contributed by atoms with E-state index in [1.165, 1.54) is 46.8 Å². The van der Waals surface area contributed by atoms with Crippen LogP contribution < -0.4 is 5.32 Å². The van der Waals surface area contributed by atoms with Crippen molar-refractivity contribution in [2.75, 3.05) is 18.4 Å². The first-order chi connectivity index (χ1) is 12.7. The number of hydrogen-bond donors (Lipinski definition) is 1. The number of aryl methyl sites for hydroxylation is 1. The number of nitro benzene ring substituents is 1. The third-order valence-electron chi connectivity index (χ3n) is 4.11. The Bertz CT molecular complexity index is 951. The second-order valence-electron chi connectivity index (χ2n) is 5.83. The van der Waals surface area contributed by atoms with E-state index in [2.05, 4.69) is 5.32 Å². The van der Waals surface area contributed by atoms with Gasteiger partial charge >= 0.3 is 0 Å². The van der Waals surface area contributed by atoms with Gasteiger partial charge in [-0.15, -0.1) is 0 Å². The molecule has 0 atom stereocenters. The fourth-order valence-electron chi connectivity index (χ4n) is 2.63. The predicted octanol–water partition coefficient (Wildman–Crippen LogP) is 3.19. The highest BCUT2D eigenvalue weighted by Crippen LogP contribution is 2.21. The van der Waals surface area contributed by atoms with E-state index in [-0.39, 0.29) is 16.1 Å². The lowest BCUT2D eigenvalue weighted by molar-refractivity contribution is -0.385. The number of hydrogen-bond acceptors (Lipinski definition) is 5. The summed E-state index contributed by atoms with van der Waals surface area (Å²) in [5.41, 5.74) is 1.03. The number of benzene rings is 2. The molecule has 144 valence electrons. The van der Waals surface area contributed by atoms with Crippen LogP contribution in [-0.4, -0.2) is 36.6 Å². The predicted molar refractivity (Wildman–Crippen MR) is 102 cm³/mol. The van der Waals surface area contributed by atoms with Gasteiger partial charge in [-0.1, -0.05) is 13.8 Å². The molecule has 1 amide bonds. The van der Waals surface area contributed by atoms with Gasteiger partial charge < -0.3 is 5.32 Å². The molecule has 2 aromatic carbocycles. The fourth-order valence-corrected chi connectivity index (χ4v) is 4.09. The lowest BCUT2D eigenvalue weighted by Gasteiger charge is -2.18. The number of amides is 1. The van der Waals surface area contributed by atoms with Crippen molar-refractivity contribution in [3.05, 3.63) is 63.7 Å². The van der Waals surface area contributed by atoms with Gasteiger partial charge in [0, 0.05) is 36.0 Å². The van der Waals surface area contributed by atoms with Crippen LogP contribution in [0.1, 0.15) is 29.8 Å². The van der Waals surface area contributed by atoms with E-state index in [0.29, 0.717) is 24.3 Å². The zero-order valence-corrected chi connectivity index (χ0v) is 16.1. The summed E-state index contributed by atoms with van der Waals surface area (Å²) in [4.78, 5) is 22.8. The minimum atomic E-state index is -3.56. The van der Waals surface area contributed by atoms with Crippen LogP contribution in [0.25, 0.3) is 0 Å². The molecule has 27 heavy (non-hydrogen) atoms. The van der Waals surface area contributed by atoms with Crippen molar-refractivity contribution in [3.63, 3.8) is 0 Å². The van der Waals surface area contributed by atoms with Crippen LogP contribution in [-0.2, 0) is 10.0 Å². The average Bonchev–Trinajstić information content (AvgIpc) is 2.62. The van der Waals surface area contributed by atoms with E-state index >= 15 is 0 Å². The van der Waals surface area contributed by atoms with Crippen molar-refractivity contribution in [2.45, 2.75) is 25.7 Å². The zero-order chi connectivity index (χ0) is 20.2. The van der Waals surface area contributed by atoms with E-state index in [1.807, 2.05) is 0 Å². The molecular formula is C18H21N3O5S. The normalized spacial score (nSPS) is 11.4. The molecule has 0 spiro atoms. The number of nitrogens with zero attached hydrogens (tertiary/aromatic N) is 2. The van der Waals surface area contributed by atoms with Gasteiger partial charge in [0.2, 0.25) is 10.0 Å². The number of carbonyl (C=O) groups excluding carboxylic acids is 1. The van der Waals surface area contributed by atoms with Gasteiger partial charge in [0.1, 0.15) is 0 Å². The molecule has 9 heteroatoms. The Kier molecular flexibility index (Phi) is 6.29. The molecule has 8 nitrogen and oxygen atoms in total. The van der Waals surface area contributed by atoms with Gasteiger partial charge in [0.05, 0.1) is 9.82 Å². The lowest BCUT2D eigenvalue weighted by Crippen LogP contribution is -2.30. The van der Waals surface area contributed by atoms with Gasteiger partial charge in [-0.3, -0.25) is 14.9 Å². The number of nitro groups is 1. The second-order valence-corrected chi connectivity index (χ2v) is 7.76. The Balaban J connectivity index is 2.18. The van der Waals surface area contributed by atoms with Crippen LogP contribution in [0.3, 0.4) is 0 Å². The van der Waals surface area contributed by atoms with Crippen LogP contribution in [0, 0.1) is 17.0 Å². The summed E-state index contributed by atoms with van der Waals surface area (Å²) >= 11 is 0. The van der Waals surface area contributed by atoms with Gasteiger partial charge in [-0.2, -0.15) is 4.31 Å².